The van der Waals surface area contributed by atoms with Gasteiger partial charge in [-0.25, -0.2) is 8.78 Å². The van der Waals surface area contributed by atoms with Gasteiger partial charge in [-0.05, 0) is 20.3 Å². The molecule has 8 heteroatoms. The molecule has 2 saturated heterocycles. The summed E-state index contributed by atoms with van der Waals surface area (Å²) in [7, 11) is 0. The summed E-state index contributed by atoms with van der Waals surface area (Å²) in [5.41, 5.74) is 1.46. The molecule has 0 bridgehead atoms. The van der Waals surface area contributed by atoms with Crippen molar-refractivity contribution >= 4 is 11.8 Å². The largest absolute Gasteiger partial charge is 0.361 e. The first kappa shape index (κ1) is 17.4. The molecule has 1 atom stereocenters. The number of likely N-dealkylation sites (tertiary alicyclic amines) is 2. The number of halogens is 2. The minimum Gasteiger partial charge on any atom is -0.361 e. The molecule has 3 fully saturated rings. The van der Waals surface area contributed by atoms with Gasteiger partial charge in [-0.15, -0.1) is 0 Å². The summed E-state index contributed by atoms with van der Waals surface area (Å²) in [6.45, 7) is 5.76. The lowest BCUT2D eigenvalue weighted by molar-refractivity contribution is -0.159. The predicted octanol–water partition coefficient (Wildman–Crippen LogP) is 2.29. The summed E-state index contributed by atoms with van der Waals surface area (Å²) in [6.07, 6.45) is 0.464. The maximum atomic E-state index is 13.0. The second-order valence-corrected chi connectivity index (χ2v) is 8.20. The van der Waals surface area contributed by atoms with Crippen LogP contribution in [0.5, 0.6) is 0 Å². The van der Waals surface area contributed by atoms with E-state index in [0.29, 0.717) is 38.4 Å². The Morgan fingerprint density at radius 3 is 2.65 bits per heavy atom. The van der Waals surface area contributed by atoms with Crippen molar-refractivity contribution < 1.29 is 22.9 Å². The zero-order valence-electron chi connectivity index (χ0n) is 15.1. The summed E-state index contributed by atoms with van der Waals surface area (Å²) in [6, 6.07) is 0. The van der Waals surface area contributed by atoms with Gasteiger partial charge in [-0.1, -0.05) is 5.16 Å². The highest BCUT2D eigenvalue weighted by molar-refractivity contribution is 5.82. The van der Waals surface area contributed by atoms with Gasteiger partial charge in [0, 0.05) is 55.8 Å². The molecule has 2 amide bonds. The molecular formula is C18H23F2N3O3. The summed E-state index contributed by atoms with van der Waals surface area (Å²) in [5, 5.41) is 3.93. The van der Waals surface area contributed by atoms with E-state index in [2.05, 4.69) is 5.16 Å². The molecule has 3 heterocycles. The Balaban J connectivity index is 1.40. The SMILES string of the molecule is Cc1noc(C)c1CN1CC2(CCN(C(=O)C3CC(F)(F)C3)C2)CC1=O. The Morgan fingerprint density at radius 1 is 1.31 bits per heavy atom. The number of hydrogen-bond donors (Lipinski definition) is 0. The van der Waals surface area contributed by atoms with Gasteiger partial charge in [0.2, 0.25) is 17.7 Å². The number of hydrogen-bond acceptors (Lipinski definition) is 4. The molecule has 3 aliphatic rings. The summed E-state index contributed by atoms with van der Waals surface area (Å²) < 4.78 is 31.3. The number of nitrogens with zero attached hydrogens (tertiary/aromatic N) is 3. The lowest BCUT2D eigenvalue weighted by Crippen LogP contribution is -2.46. The molecule has 4 rings (SSSR count). The maximum absolute atomic E-state index is 13.0. The van der Waals surface area contributed by atoms with E-state index in [1.54, 1.807) is 9.80 Å². The average molecular weight is 367 g/mol. The highest BCUT2D eigenvalue weighted by Crippen LogP contribution is 2.46. The van der Waals surface area contributed by atoms with Gasteiger partial charge in [0.05, 0.1) is 12.2 Å². The zero-order chi connectivity index (χ0) is 18.7. The average Bonchev–Trinajstić information content (AvgIpc) is 3.19. The van der Waals surface area contributed by atoms with Crippen LogP contribution >= 0.6 is 0 Å². The van der Waals surface area contributed by atoms with Crippen LogP contribution in [-0.4, -0.2) is 52.3 Å². The van der Waals surface area contributed by atoms with Crippen LogP contribution in [0.1, 0.15) is 42.7 Å². The third kappa shape index (κ3) is 2.89. The number of alkyl halides is 2. The Morgan fingerprint density at radius 2 is 2.04 bits per heavy atom. The van der Waals surface area contributed by atoms with E-state index < -0.39 is 11.8 Å². The summed E-state index contributed by atoms with van der Waals surface area (Å²) >= 11 is 0. The number of rotatable bonds is 3. The van der Waals surface area contributed by atoms with E-state index in [0.717, 1.165) is 17.7 Å². The fourth-order valence-electron chi connectivity index (χ4n) is 4.53. The van der Waals surface area contributed by atoms with Crippen LogP contribution in [0.15, 0.2) is 4.52 Å². The van der Waals surface area contributed by atoms with Crippen LogP contribution in [0.4, 0.5) is 8.78 Å². The molecule has 6 nitrogen and oxygen atoms in total. The van der Waals surface area contributed by atoms with E-state index in [-0.39, 0.29) is 30.1 Å². The van der Waals surface area contributed by atoms with Crippen LogP contribution in [0.25, 0.3) is 0 Å². The minimum atomic E-state index is -2.69. The van der Waals surface area contributed by atoms with E-state index >= 15 is 0 Å². The molecule has 0 aromatic carbocycles. The van der Waals surface area contributed by atoms with Gasteiger partial charge in [-0.2, -0.15) is 0 Å². The number of carbonyl (C=O) groups excluding carboxylic acids is 2. The van der Waals surface area contributed by atoms with Gasteiger partial charge in [0.15, 0.2) is 0 Å². The Hall–Kier alpha value is -1.99. The predicted molar refractivity (Wildman–Crippen MR) is 87.3 cm³/mol. The second-order valence-electron chi connectivity index (χ2n) is 8.20. The first-order chi connectivity index (χ1) is 12.2. The Bertz CT molecular complexity index is 735. The second kappa shape index (κ2) is 5.76. The van der Waals surface area contributed by atoms with Crippen molar-refractivity contribution in [2.24, 2.45) is 11.3 Å². The molecule has 1 saturated carbocycles. The van der Waals surface area contributed by atoms with Gasteiger partial charge in [0.1, 0.15) is 5.76 Å². The lowest BCUT2D eigenvalue weighted by Gasteiger charge is -2.36. The van der Waals surface area contributed by atoms with Crippen molar-refractivity contribution in [3.8, 4) is 0 Å². The van der Waals surface area contributed by atoms with Gasteiger partial charge in [-0.3, -0.25) is 9.59 Å². The highest BCUT2D eigenvalue weighted by Gasteiger charge is 2.53. The topological polar surface area (TPSA) is 66.7 Å². The van der Waals surface area contributed by atoms with E-state index in [4.69, 9.17) is 4.52 Å². The molecule has 1 aliphatic carbocycles. The van der Waals surface area contributed by atoms with Crippen molar-refractivity contribution in [2.45, 2.75) is 52.0 Å². The molecule has 1 unspecified atom stereocenters. The first-order valence-electron chi connectivity index (χ1n) is 9.04. The van der Waals surface area contributed by atoms with Crippen LogP contribution in [0, 0.1) is 25.2 Å². The van der Waals surface area contributed by atoms with E-state index in [1.807, 2.05) is 13.8 Å². The smallest absolute Gasteiger partial charge is 0.249 e. The highest BCUT2D eigenvalue weighted by atomic mass is 19.3. The lowest BCUT2D eigenvalue weighted by atomic mass is 9.80. The molecule has 142 valence electrons. The number of aryl methyl sites for hydroxylation is 2. The van der Waals surface area contributed by atoms with Crippen molar-refractivity contribution in [1.29, 1.82) is 0 Å². The van der Waals surface area contributed by atoms with Crippen LogP contribution in [0.3, 0.4) is 0 Å². The minimum absolute atomic E-state index is 0.0643. The molecule has 1 aromatic heterocycles. The van der Waals surface area contributed by atoms with E-state index in [1.165, 1.54) is 0 Å². The number of aromatic nitrogens is 1. The Kier molecular flexibility index (Phi) is 3.86. The molecule has 1 aromatic rings. The monoisotopic (exact) mass is 367 g/mol. The van der Waals surface area contributed by atoms with Crippen LogP contribution in [0.2, 0.25) is 0 Å². The Labute approximate surface area is 150 Å². The van der Waals surface area contributed by atoms with Gasteiger partial charge >= 0.3 is 0 Å². The van der Waals surface area contributed by atoms with Crippen molar-refractivity contribution in [2.75, 3.05) is 19.6 Å². The fourth-order valence-corrected chi connectivity index (χ4v) is 4.53. The first-order valence-corrected chi connectivity index (χ1v) is 9.04. The zero-order valence-corrected chi connectivity index (χ0v) is 15.1. The molecule has 2 aliphatic heterocycles. The number of carbonyl (C=O) groups is 2. The quantitative estimate of drug-likeness (QED) is 0.822. The van der Waals surface area contributed by atoms with Crippen molar-refractivity contribution in [1.82, 2.24) is 15.0 Å². The molecule has 0 radical (unpaired) electrons. The summed E-state index contributed by atoms with van der Waals surface area (Å²) in [4.78, 5) is 28.4. The molecule has 0 N–H and O–H groups in total. The van der Waals surface area contributed by atoms with Crippen molar-refractivity contribution in [3.05, 3.63) is 17.0 Å². The van der Waals surface area contributed by atoms with E-state index in [9.17, 15) is 18.4 Å². The maximum Gasteiger partial charge on any atom is 0.249 e. The van der Waals surface area contributed by atoms with Crippen molar-refractivity contribution in [3.63, 3.8) is 0 Å². The van der Waals surface area contributed by atoms with Crippen LogP contribution in [-0.2, 0) is 16.1 Å². The van der Waals surface area contributed by atoms with Crippen LogP contribution < -0.4 is 0 Å². The molecular weight excluding hydrogens is 344 g/mol. The summed E-state index contributed by atoms with van der Waals surface area (Å²) in [5.74, 6) is -2.65. The third-order valence-corrected chi connectivity index (χ3v) is 6.12. The van der Waals surface area contributed by atoms with Gasteiger partial charge < -0.3 is 14.3 Å². The molecule has 26 heavy (non-hydrogen) atoms. The fraction of sp³-hybridized carbons (Fsp3) is 0.722. The normalized spacial score (nSPS) is 28.2. The third-order valence-electron chi connectivity index (χ3n) is 6.12. The number of amides is 2. The van der Waals surface area contributed by atoms with Gasteiger partial charge in [0.25, 0.3) is 0 Å². The standard InChI is InChI=1S/C18H23F2N3O3/c1-11-14(12(2)26-21-11)8-23-10-17(7-15(23)24)3-4-22(9-17)16(25)13-5-18(19,20)6-13/h13H,3-10H2,1-2H3. The molecule has 1 spiro atoms.